The second kappa shape index (κ2) is 9.78. The number of carbonyl (C=O) groups is 1. The van der Waals surface area contributed by atoms with Crippen molar-refractivity contribution >= 4 is 33.2 Å². The van der Waals surface area contributed by atoms with Gasteiger partial charge in [0, 0.05) is 24.2 Å². The van der Waals surface area contributed by atoms with Gasteiger partial charge in [0.25, 0.3) is 10.0 Å². The van der Waals surface area contributed by atoms with E-state index in [-0.39, 0.29) is 23.1 Å². The van der Waals surface area contributed by atoms with Gasteiger partial charge in [-0.3, -0.25) is 9.10 Å². The number of piperidine rings is 1. The predicted molar refractivity (Wildman–Crippen MR) is 121 cm³/mol. The summed E-state index contributed by atoms with van der Waals surface area (Å²) in [7, 11) is -1.15. The molecule has 1 aliphatic rings. The van der Waals surface area contributed by atoms with Crippen molar-refractivity contribution in [2.75, 3.05) is 38.2 Å². The molecule has 0 bridgehead atoms. The Morgan fingerprint density at radius 1 is 1.13 bits per heavy atom. The fourth-order valence-corrected chi connectivity index (χ4v) is 5.22. The van der Waals surface area contributed by atoms with Gasteiger partial charge >= 0.3 is 0 Å². The molecule has 0 radical (unpaired) electrons. The van der Waals surface area contributed by atoms with Crippen LogP contribution in [0.5, 0.6) is 11.5 Å². The number of likely N-dealkylation sites (tertiary alicyclic amines) is 1. The number of benzene rings is 2. The average Bonchev–Trinajstić information content (AvgIpc) is 2.77. The number of sulfonamides is 1. The number of methoxy groups -OCH3 is 2. The summed E-state index contributed by atoms with van der Waals surface area (Å²) in [4.78, 5) is 14.8. The van der Waals surface area contributed by atoms with Crippen LogP contribution in [0.4, 0.5) is 5.69 Å². The highest BCUT2D eigenvalue weighted by Gasteiger charge is 2.31. The first-order valence-electron chi connectivity index (χ1n) is 10.0. The Kier molecular flexibility index (Phi) is 7.33. The molecule has 2 aromatic rings. The zero-order valence-electron chi connectivity index (χ0n) is 17.9. The number of nitrogens with zero attached hydrogens (tertiary/aromatic N) is 2. The molecule has 9 heteroatoms. The highest BCUT2D eigenvalue weighted by Crippen LogP contribution is 2.32. The normalized spacial score (nSPS) is 16.6. The third-order valence-corrected chi connectivity index (χ3v) is 7.37. The van der Waals surface area contributed by atoms with Crippen LogP contribution in [0.3, 0.4) is 0 Å². The second-order valence-corrected chi connectivity index (χ2v) is 9.89. The molecule has 0 saturated carbocycles. The molecule has 1 amide bonds. The molecule has 7 nitrogen and oxygen atoms in total. The minimum Gasteiger partial charge on any atom is -0.493 e. The summed E-state index contributed by atoms with van der Waals surface area (Å²) in [6.07, 6.45) is 1.98. The van der Waals surface area contributed by atoms with Crippen molar-refractivity contribution in [1.29, 1.82) is 0 Å². The fraction of sp³-hybridized carbons (Fsp3) is 0.409. The lowest BCUT2D eigenvalue weighted by molar-refractivity contribution is -0.131. The average molecular weight is 467 g/mol. The van der Waals surface area contributed by atoms with Gasteiger partial charge in [-0.25, -0.2) is 8.42 Å². The quantitative estimate of drug-likeness (QED) is 0.620. The predicted octanol–water partition coefficient (Wildman–Crippen LogP) is 3.81. The van der Waals surface area contributed by atoms with Gasteiger partial charge in [-0.1, -0.05) is 18.5 Å². The van der Waals surface area contributed by atoms with Crippen LogP contribution in [0.2, 0.25) is 5.02 Å². The lowest BCUT2D eigenvalue weighted by Crippen LogP contribution is -2.46. The van der Waals surface area contributed by atoms with Gasteiger partial charge in [0.15, 0.2) is 11.5 Å². The summed E-state index contributed by atoms with van der Waals surface area (Å²) in [5.41, 5.74) is 0.359. The van der Waals surface area contributed by atoms with Gasteiger partial charge < -0.3 is 14.4 Å². The molecule has 0 aliphatic carbocycles. The standard InChI is InChI=1S/C22H27ClN2O5S/c1-16-5-4-12-24(14-16)22(26)15-25(18-8-6-17(23)7-9-18)31(27,28)19-10-11-20(29-2)21(13-19)30-3/h6-11,13,16H,4-5,12,14-15H2,1-3H3. The Morgan fingerprint density at radius 2 is 1.81 bits per heavy atom. The Hall–Kier alpha value is -2.45. The first-order chi connectivity index (χ1) is 14.8. The monoisotopic (exact) mass is 466 g/mol. The van der Waals surface area contributed by atoms with Crippen molar-refractivity contribution in [2.24, 2.45) is 5.92 Å². The Morgan fingerprint density at radius 3 is 2.42 bits per heavy atom. The molecule has 2 aromatic carbocycles. The second-order valence-electron chi connectivity index (χ2n) is 7.59. The number of ether oxygens (including phenoxy) is 2. The van der Waals surface area contributed by atoms with E-state index in [0.717, 1.165) is 17.1 Å². The molecule has 0 N–H and O–H groups in total. The maximum absolute atomic E-state index is 13.6. The molecular weight excluding hydrogens is 440 g/mol. The molecule has 0 spiro atoms. The van der Waals surface area contributed by atoms with E-state index in [1.54, 1.807) is 29.2 Å². The minimum absolute atomic E-state index is 0.0000813. The van der Waals surface area contributed by atoms with Crippen molar-refractivity contribution in [2.45, 2.75) is 24.7 Å². The smallest absolute Gasteiger partial charge is 0.264 e. The summed E-state index contributed by atoms with van der Waals surface area (Å²) in [6, 6.07) is 10.7. The summed E-state index contributed by atoms with van der Waals surface area (Å²) in [5.74, 6) is 0.864. The number of hydrogen-bond acceptors (Lipinski definition) is 5. The van der Waals surface area contributed by atoms with Gasteiger partial charge in [-0.2, -0.15) is 0 Å². The van der Waals surface area contributed by atoms with Crippen LogP contribution in [0.1, 0.15) is 19.8 Å². The number of amides is 1. The fourth-order valence-electron chi connectivity index (χ4n) is 3.67. The van der Waals surface area contributed by atoms with Crippen molar-refractivity contribution in [3.8, 4) is 11.5 Å². The van der Waals surface area contributed by atoms with E-state index in [4.69, 9.17) is 21.1 Å². The van der Waals surface area contributed by atoms with Crippen LogP contribution in [-0.4, -0.2) is 53.1 Å². The molecule has 1 unspecified atom stereocenters. The van der Waals surface area contributed by atoms with Gasteiger partial charge in [0.2, 0.25) is 5.91 Å². The maximum Gasteiger partial charge on any atom is 0.264 e. The summed E-state index contributed by atoms with van der Waals surface area (Å²) in [5, 5.41) is 0.475. The van der Waals surface area contributed by atoms with Gasteiger partial charge in [0.1, 0.15) is 6.54 Å². The highest BCUT2D eigenvalue weighted by atomic mass is 35.5. The molecule has 1 fully saturated rings. The number of anilines is 1. The Bertz CT molecular complexity index is 1030. The molecule has 1 saturated heterocycles. The summed E-state index contributed by atoms with van der Waals surface area (Å²) >= 11 is 5.99. The first-order valence-corrected chi connectivity index (χ1v) is 11.9. The van der Waals surface area contributed by atoms with Gasteiger partial charge in [-0.15, -0.1) is 0 Å². The van der Waals surface area contributed by atoms with Crippen LogP contribution in [-0.2, 0) is 14.8 Å². The zero-order chi connectivity index (χ0) is 22.6. The molecule has 1 atom stereocenters. The van der Waals surface area contributed by atoms with E-state index in [1.807, 2.05) is 0 Å². The van der Waals surface area contributed by atoms with Gasteiger partial charge in [0.05, 0.1) is 24.8 Å². The molecule has 3 rings (SSSR count). The van der Waals surface area contributed by atoms with Crippen molar-refractivity contribution < 1.29 is 22.7 Å². The van der Waals surface area contributed by atoms with E-state index in [0.29, 0.717) is 35.5 Å². The molecule has 0 aromatic heterocycles. The van der Waals surface area contributed by atoms with Crippen molar-refractivity contribution in [3.05, 3.63) is 47.5 Å². The third kappa shape index (κ3) is 5.25. The van der Waals surface area contributed by atoms with Crippen LogP contribution >= 0.6 is 11.6 Å². The number of carbonyl (C=O) groups excluding carboxylic acids is 1. The first kappa shape index (κ1) is 23.2. The van der Waals surface area contributed by atoms with E-state index in [1.165, 1.54) is 32.4 Å². The molecule has 168 valence electrons. The SMILES string of the molecule is COc1ccc(S(=O)(=O)N(CC(=O)N2CCCC(C)C2)c2ccc(Cl)cc2)cc1OC. The number of halogens is 1. The van der Waals surface area contributed by atoms with E-state index < -0.39 is 10.0 Å². The Labute approximate surface area is 188 Å². The van der Waals surface area contributed by atoms with Gasteiger partial charge in [-0.05, 0) is 55.2 Å². The number of hydrogen-bond donors (Lipinski definition) is 0. The lowest BCUT2D eigenvalue weighted by Gasteiger charge is -2.33. The highest BCUT2D eigenvalue weighted by molar-refractivity contribution is 7.92. The van der Waals surface area contributed by atoms with E-state index in [2.05, 4.69) is 6.92 Å². The van der Waals surface area contributed by atoms with Crippen LogP contribution < -0.4 is 13.8 Å². The summed E-state index contributed by atoms with van der Waals surface area (Å²) in [6.45, 7) is 3.06. The lowest BCUT2D eigenvalue weighted by atomic mass is 10.0. The third-order valence-electron chi connectivity index (χ3n) is 5.35. The van der Waals surface area contributed by atoms with Crippen molar-refractivity contribution in [1.82, 2.24) is 4.90 Å². The van der Waals surface area contributed by atoms with Crippen LogP contribution in [0, 0.1) is 5.92 Å². The minimum atomic E-state index is -4.06. The van der Waals surface area contributed by atoms with Crippen LogP contribution in [0.25, 0.3) is 0 Å². The van der Waals surface area contributed by atoms with Crippen LogP contribution in [0.15, 0.2) is 47.4 Å². The molecular formula is C22H27ClN2O5S. The van der Waals surface area contributed by atoms with E-state index >= 15 is 0 Å². The Balaban J connectivity index is 1.99. The zero-order valence-corrected chi connectivity index (χ0v) is 19.4. The molecule has 31 heavy (non-hydrogen) atoms. The topological polar surface area (TPSA) is 76.2 Å². The largest absolute Gasteiger partial charge is 0.493 e. The van der Waals surface area contributed by atoms with Crippen molar-refractivity contribution in [3.63, 3.8) is 0 Å². The summed E-state index contributed by atoms with van der Waals surface area (Å²) < 4.78 is 38.8. The molecule has 1 aliphatic heterocycles. The van der Waals surface area contributed by atoms with E-state index in [9.17, 15) is 13.2 Å². The number of rotatable bonds is 7. The molecule has 1 heterocycles. The maximum atomic E-state index is 13.6.